The van der Waals surface area contributed by atoms with Crippen LogP contribution in [0, 0.1) is 5.92 Å². The van der Waals surface area contributed by atoms with Gasteiger partial charge in [-0.25, -0.2) is 0 Å². The van der Waals surface area contributed by atoms with Crippen LogP contribution in [-0.4, -0.2) is 32.8 Å². The summed E-state index contributed by atoms with van der Waals surface area (Å²) in [6, 6.07) is 5.49. The van der Waals surface area contributed by atoms with Crippen molar-refractivity contribution < 1.29 is 14.3 Å². The van der Waals surface area contributed by atoms with Crippen LogP contribution in [0.5, 0.6) is 5.75 Å². The molecule has 0 spiro atoms. The standard InChI is InChI=1S/C14H18N2O3/c1-15-13-11-3-2-10(6-12(11)16-14(13)17)19-8-9-4-5-18-7-9/h2-3,6,9,13,15H,4-5,7-8H2,1H3,(H,16,17). The van der Waals surface area contributed by atoms with Crippen molar-refractivity contribution in [2.24, 2.45) is 5.92 Å². The average molecular weight is 262 g/mol. The quantitative estimate of drug-likeness (QED) is 0.859. The van der Waals surface area contributed by atoms with Crippen LogP contribution in [-0.2, 0) is 9.53 Å². The van der Waals surface area contributed by atoms with E-state index in [0.717, 1.165) is 36.6 Å². The molecule has 5 heteroatoms. The molecule has 2 aliphatic rings. The predicted molar refractivity (Wildman–Crippen MR) is 71.3 cm³/mol. The number of fused-ring (bicyclic) bond motifs is 1. The molecule has 2 heterocycles. The van der Waals surface area contributed by atoms with Crippen LogP contribution in [0.1, 0.15) is 18.0 Å². The van der Waals surface area contributed by atoms with Gasteiger partial charge in [0.1, 0.15) is 11.8 Å². The molecule has 1 amide bonds. The molecular formula is C14H18N2O3. The second-order valence-electron chi connectivity index (χ2n) is 5.00. The van der Waals surface area contributed by atoms with E-state index in [4.69, 9.17) is 9.47 Å². The van der Waals surface area contributed by atoms with Crippen LogP contribution >= 0.6 is 0 Å². The number of likely N-dealkylation sites (N-methyl/N-ethyl adjacent to an activating group) is 1. The van der Waals surface area contributed by atoms with E-state index in [1.807, 2.05) is 18.2 Å². The largest absolute Gasteiger partial charge is 0.493 e. The molecule has 2 atom stereocenters. The fourth-order valence-electron chi connectivity index (χ4n) is 2.55. The molecule has 3 rings (SSSR count). The Balaban J connectivity index is 1.68. The first-order valence-corrected chi connectivity index (χ1v) is 6.60. The van der Waals surface area contributed by atoms with Crippen molar-refractivity contribution in [3.8, 4) is 5.75 Å². The third-order valence-corrected chi connectivity index (χ3v) is 3.65. The van der Waals surface area contributed by atoms with Crippen LogP contribution in [0.3, 0.4) is 0 Å². The number of carbonyl (C=O) groups is 1. The number of hydrogen-bond acceptors (Lipinski definition) is 4. The van der Waals surface area contributed by atoms with Gasteiger partial charge in [-0.15, -0.1) is 0 Å². The maximum Gasteiger partial charge on any atom is 0.246 e. The minimum Gasteiger partial charge on any atom is -0.493 e. The number of nitrogens with one attached hydrogen (secondary N) is 2. The molecule has 2 aliphatic heterocycles. The molecule has 1 aromatic rings. The van der Waals surface area contributed by atoms with Crippen molar-refractivity contribution >= 4 is 11.6 Å². The molecule has 0 bridgehead atoms. The molecule has 0 saturated carbocycles. The van der Waals surface area contributed by atoms with Crippen molar-refractivity contribution in [3.63, 3.8) is 0 Å². The van der Waals surface area contributed by atoms with E-state index in [9.17, 15) is 4.79 Å². The van der Waals surface area contributed by atoms with Crippen molar-refractivity contribution in [3.05, 3.63) is 23.8 Å². The Kier molecular flexibility index (Phi) is 3.40. The molecule has 2 N–H and O–H groups in total. The Morgan fingerprint density at radius 3 is 3.16 bits per heavy atom. The van der Waals surface area contributed by atoms with E-state index in [1.54, 1.807) is 7.05 Å². The van der Waals surface area contributed by atoms with Crippen LogP contribution < -0.4 is 15.4 Å². The first-order valence-electron chi connectivity index (χ1n) is 6.60. The monoisotopic (exact) mass is 262 g/mol. The third kappa shape index (κ3) is 2.43. The number of rotatable bonds is 4. The SMILES string of the molecule is CNC1C(=O)Nc2cc(OCC3CCOC3)ccc21. The van der Waals surface area contributed by atoms with Gasteiger partial charge in [0.2, 0.25) is 5.91 Å². The Bertz CT molecular complexity index is 484. The third-order valence-electron chi connectivity index (χ3n) is 3.65. The Hall–Kier alpha value is -1.59. The first-order chi connectivity index (χ1) is 9.28. The summed E-state index contributed by atoms with van der Waals surface area (Å²) in [5, 5.41) is 5.86. The second kappa shape index (κ2) is 5.19. The molecule has 5 nitrogen and oxygen atoms in total. The Morgan fingerprint density at radius 2 is 2.42 bits per heavy atom. The van der Waals surface area contributed by atoms with Gasteiger partial charge in [0.05, 0.1) is 13.2 Å². The van der Waals surface area contributed by atoms with E-state index in [1.165, 1.54) is 0 Å². The van der Waals surface area contributed by atoms with Gasteiger partial charge in [-0.3, -0.25) is 4.79 Å². The van der Waals surface area contributed by atoms with E-state index >= 15 is 0 Å². The van der Waals surface area contributed by atoms with Gasteiger partial charge >= 0.3 is 0 Å². The summed E-state index contributed by atoms with van der Waals surface area (Å²) in [5.41, 5.74) is 1.81. The van der Waals surface area contributed by atoms with Gasteiger partial charge in [-0.1, -0.05) is 6.07 Å². The summed E-state index contributed by atoms with van der Waals surface area (Å²) in [4.78, 5) is 11.7. The molecule has 2 unspecified atom stereocenters. The highest BCUT2D eigenvalue weighted by molar-refractivity contribution is 6.02. The van der Waals surface area contributed by atoms with E-state index in [0.29, 0.717) is 12.5 Å². The minimum atomic E-state index is -0.257. The summed E-state index contributed by atoms with van der Waals surface area (Å²) in [5.74, 6) is 1.26. The van der Waals surface area contributed by atoms with Gasteiger partial charge in [0.15, 0.2) is 0 Å². The zero-order valence-corrected chi connectivity index (χ0v) is 10.9. The predicted octanol–water partition coefficient (Wildman–Crippen LogP) is 1.31. The molecule has 1 fully saturated rings. The highest BCUT2D eigenvalue weighted by atomic mass is 16.5. The van der Waals surface area contributed by atoms with Gasteiger partial charge in [-0.05, 0) is 19.5 Å². The normalized spacial score (nSPS) is 25.2. The first kappa shape index (κ1) is 12.4. The highest BCUT2D eigenvalue weighted by Crippen LogP contribution is 2.33. The van der Waals surface area contributed by atoms with Crippen molar-refractivity contribution in [1.29, 1.82) is 0 Å². The number of hydrogen-bond donors (Lipinski definition) is 2. The van der Waals surface area contributed by atoms with Gasteiger partial charge < -0.3 is 20.1 Å². The van der Waals surface area contributed by atoms with Gasteiger partial charge in [0, 0.05) is 29.8 Å². The highest BCUT2D eigenvalue weighted by Gasteiger charge is 2.29. The summed E-state index contributed by atoms with van der Waals surface area (Å²) in [7, 11) is 1.78. The number of benzene rings is 1. The minimum absolute atomic E-state index is 0.0150. The molecule has 19 heavy (non-hydrogen) atoms. The van der Waals surface area contributed by atoms with Crippen LogP contribution in [0.25, 0.3) is 0 Å². The lowest BCUT2D eigenvalue weighted by Gasteiger charge is -2.12. The van der Waals surface area contributed by atoms with Crippen LogP contribution in [0.4, 0.5) is 5.69 Å². The number of carbonyl (C=O) groups excluding carboxylic acids is 1. The van der Waals surface area contributed by atoms with E-state index in [2.05, 4.69) is 10.6 Å². The molecule has 1 saturated heterocycles. The summed E-state index contributed by atoms with van der Waals surface area (Å²) in [6.07, 6.45) is 1.06. The molecule has 0 aromatic heterocycles. The fourth-order valence-corrected chi connectivity index (χ4v) is 2.55. The van der Waals surface area contributed by atoms with Crippen LogP contribution in [0.15, 0.2) is 18.2 Å². The van der Waals surface area contributed by atoms with E-state index in [-0.39, 0.29) is 11.9 Å². The van der Waals surface area contributed by atoms with Gasteiger partial charge in [0.25, 0.3) is 0 Å². The lowest BCUT2D eigenvalue weighted by molar-refractivity contribution is -0.117. The number of amides is 1. The van der Waals surface area contributed by atoms with Crippen molar-refractivity contribution in [2.75, 3.05) is 32.2 Å². The van der Waals surface area contributed by atoms with E-state index < -0.39 is 0 Å². The zero-order chi connectivity index (χ0) is 13.2. The zero-order valence-electron chi connectivity index (χ0n) is 10.9. The lowest BCUT2D eigenvalue weighted by atomic mass is 10.1. The molecule has 1 aromatic carbocycles. The average Bonchev–Trinajstić information content (AvgIpc) is 3.01. The molecule has 102 valence electrons. The Labute approximate surface area is 112 Å². The topological polar surface area (TPSA) is 59.6 Å². The molecule has 0 radical (unpaired) electrons. The van der Waals surface area contributed by atoms with Gasteiger partial charge in [-0.2, -0.15) is 0 Å². The summed E-state index contributed by atoms with van der Waals surface area (Å²) in [6.45, 7) is 2.28. The number of anilines is 1. The summed E-state index contributed by atoms with van der Waals surface area (Å²) < 4.78 is 11.1. The molecule has 0 aliphatic carbocycles. The molecular weight excluding hydrogens is 244 g/mol. The van der Waals surface area contributed by atoms with Crippen LogP contribution in [0.2, 0.25) is 0 Å². The maximum absolute atomic E-state index is 11.7. The van der Waals surface area contributed by atoms with Crippen molar-refractivity contribution in [1.82, 2.24) is 5.32 Å². The lowest BCUT2D eigenvalue weighted by Crippen LogP contribution is -2.23. The smallest absolute Gasteiger partial charge is 0.246 e. The fraction of sp³-hybridized carbons (Fsp3) is 0.500. The number of ether oxygens (including phenoxy) is 2. The summed E-state index contributed by atoms with van der Waals surface area (Å²) >= 11 is 0. The maximum atomic E-state index is 11.7. The Morgan fingerprint density at radius 1 is 1.53 bits per heavy atom. The second-order valence-corrected chi connectivity index (χ2v) is 5.00. The van der Waals surface area contributed by atoms with Crippen molar-refractivity contribution in [2.45, 2.75) is 12.5 Å².